The summed E-state index contributed by atoms with van der Waals surface area (Å²) in [6, 6.07) is 0.728. The molecular formula is C11H8ClF3N4O2. The van der Waals surface area contributed by atoms with Crippen LogP contribution < -0.4 is 0 Å². The topological polar surface area (TPSA) is 73.8 Å². The van der Waals surface area contributed by atoms with Gasteiger partial charge in [0.25, 0.3) is 0 Å². The zero-order valence-electron chi connectivity index (χ0n) is 10.8. The van der Waals surface area contributed by atoms with Gasteiger partial charge in [0.1, 0.15) is 11.9 Å². The minimum absolute atomic E-state index is 0.0900. The first-order valence-corrected chi connectivity index (χ1v) is 5.94. The van der Waals surface area contributed by atoms with Crippen LogP contribution in [0.3, 0.4) is 0 Å². The molecule has 0 fully saturated rings. The fourth-order valence-electron chi connectivity index (χ4n) is 1.80. The molecule has 0 atom stereocenters. The van der Waals surface area contributed by atoms with Crippen molar-refractivity contribution in [2.24, 2.45) is 0 Å². The highest BCUT2D eigenvalue weighted by atomic mass is 35.5. The molecule has 0 saturated carbocycles. The van der Waals surface area contributed by atoms with Crippen molar-refractivity contribution < 1.29 is 18.1 Å². The van der Waals surface area contributed by atoms with Crippen molar-refractivity contribution in [1.82, 2.24) is 14.8 Å². The standard InChI is InChI=1S/C11H8ClF3N4O2/c1-5-7(11(13,14)15)3-8(12)10(17-5)18-6(2)9(4-16-18)19(20)21/h3-4H,1-2H3. The van der Waals surface area contributed by atoms with E-state index in [0.717, 1.165) is 16.9 Å². The molecule has 112 valence electrons. The van der Waals surface area contributed by atoms with Crippen molar-refractivity contribution in [3.8, 4) is 5.82 Å². The molecule has 0 unspecified atom stereocenters. The van der Waals surface area contributed by atoms with Crippen LogP contribution in [-0.4, -0.2) is 19.7 Å². The molecule has 2 aromatic heterocycles. The van der Waals surface area contributed by atoms with Crippen molar-refractivity contribution in [2.75, 3.05) is 0 Å². The van der Waals surface area contributed by atoms with Gasteiger partial charge >= 0.3 is 11.9 Å². The van der Waals surface area contributed by atoms with E-state index in [1.165, 1.54) is 13.8 Å². The summed E-state index contributed by atoms with van der Waals surface area (Å²) in [5.74, 6) is -0.0900. The number of hydrogen-bond acceptors (Lipinski definition) is 4. The lowest BCUT2D eigenvalue weighted by Crippen LogP contribution is -2.12. The fourth-order valence-corrected chi connectivity index (χ4v) is 2.03. The highest BCUT2D eigenvalue weighted by Gasteiger charge is 2.34. The van der Waals surface area contributed by atoms with Gasteiger partial charge in [0.05, 0.1) is 21.2 Å². The van der Waals surface area contributed by atoms with Gasteiger partial charge in [-0.2, -0.15) is 18.3 Å². The number of aryl methyl sites for hydroxylation is 1. The summed E-state index contributed by atoms with van der Waals surface area (Å²) in [5.41, 5.74) is -1.41. The van der Waals surface area contributed by atoms with E-state index >= 15 is 0 Å². The summed E-state index contributed by atoms with van der Waals surface area (Å²) in [6.07, 6.45) is -3.59. The van der Waals surface area contributed by atoms with Gasteiger partial charge in [-0.15, -0.1) is 0 Å². The molecule has 2 rings (SSSR count). The van der Waals surface area contributed by atoms with Crippen LogP contribution in [0.2, 0.25) is 5.02 Å². The van der Waals surface area contributed by atoms with Crippen LogP contribution in [0.4, 0.5) is 18.9 Å². The number of hydrogen-bond donors (Lipinski definition) is 0. The van der Waals surface area contributed by atoms with Crippen molar-refractivity contribution in [1.29, 1.82) is 0 Å². The summed E-state index contributed by atoms with van der Waals surface area (Å²) < 4.78 is 39.3. The van der Waals surface area contributed by atoms with Crippen molar-refractivity contribution >= 4 is 17.3 Å². The Morgan fingerprint density at radius 2 is 2.00 bits per heavy atom. The lowest BCUT2D eigenvalue weighted by molar-refractivity contribution is -0.385. The second-order valence-electron chi connectivity index (χ2n) is 4.21. The Hall–Kier alpha value is -2.16. The number of alkyl halides is 3. The van der Waals surface area contributed by atoms with Crippen LogP contribution in [0.1, 0.15) is 17.0 Å². The highest BCUT2D eigenvalue weighted by molar-refractivity contribution is 6.32. The zero-order valence-corrected chi connectivity index (χ0v) is 11.5. The third-order valence-corrected chi connectivity index (χ3v) is 3.11. The third kappa shape index (κ3) is 2.68. The first-order chi connectivity index (χ1) is 9.62. The molecule has 0 N–H and O–H groups in total. The number of pyridine rings is 1. The van der Waals surface area contributed by atoms with Crippen LogP contribution in [0.15, 0.2) is 12.3 Å². The molecule has 0 bridgehead atoms. The summed E-state index contributed by atoms with van der Waals surface area (Å²) in [5, 5.41) is 14.2. The van der Waals surface area contributed by atoms with E-state index < -0.39 is 16.7 Å². The van der Waals surface area contributed by atoms with E-state index in [4.69, 9.17) is 11.6 Å². The van der Waals surface area contributed by atoms with Crippen LogP contribution in [0.25, 0.3) is 5.82 Å². The molecule has 0 radical (unpaired) electrons. The summed E-state index contributed by atoms with van der Waals surface area (Å²) >= 11 is 5.81. The lowest BCUT2D eigenvalue weighted by atomic mass is 10.2. The van der Waals surface area contributed by atoms with E-state index in [2.05, 4.69) is 10.1 Å². The van der Waals surface area contributed by atoms with Gasteiger partial charge in [-0.3, -0.25) is 10.1 Å². The average molecular weight is 321 g/mol. The smallest absolute Gasteiger partial charge is 0.258 e. The summed E-state index contributed by atoms with van der Waals surface area (Å²) in [4.78, 5) is 13.9. The minimum atomic E-state index is -4.58. The molecule has 0 saturated heterocycles. The maximum atomic E-state index is 12.7. The lowest BCUT2D eigenvalue weighted by Gasteiger charge is -2.13. The summed E-state index contributed by atoms with van der Waals surface area (Å²) in [7, 11) is 0. The highest BCUT2D eigenvalue weighted by Crippen LogP contribution is 2.35. The van der Waals surface area contributed by atoms with Gasteiger partial charge in [0, 0.05) is 0 Å². The average Bonchev–Trinajstić information content (AvgIpc) is 2.72. The number of nitrogens with zero attached hydrogens (tertiary/aromatic N) is 4. The quantitative estimate of drug-likeness (QED) is 0.627. The molecular weight excluding hydrogens is 313 g/mol. The van der Waals surface area contributed by atoms with Crippen LogP contribution >= 0.6 is 11.6 Å². The second-order valence-corrected chi connectivity index (χ2v) is 4.62. The van der Waals surface area contributed by atoms with E-state index in [1.54, 1.807) is 0 Å². The fraction of sp³-hybridized carbons (Fsp3) is 0.273. The van der Waals surface area contributed by atoms with Crippen molar-refractivity contribution in [3.05, 3.63) is 44.4 Å². The minimum Gasteiger partial charge on any atom is -0.258 e. The maximum absolute atomic E-state index is 12.7. The Morgan fingerprint density at radius 1 is 1.38 bits per heavy atom. The number of halogens is 4. The molecule has 6 nitrogen and oxygen atoms in total. The second kappa shape index (κ2) is 4.99. The monoisotopic (exact) mass is 320 g/mol. The molecule has 0 amide bonds. The Bertz CT molecular complexity index is 727. The molecule has 21 heavy (non-hydrogen) atoms. The van der Waals surface area contributed by atoms with Gasteiger partial charge in [-0.05, 0) is 19.9 Å². The maximum Gasteiger partial charge on any atom is 0.418 e. The first kappa shape index (κ1) is 15.2. The number of aromatic nitrogens is 3. The Kier molecular flexibility index (Phi) is 3.62. The normalized spacial score (nSPS) is 11.7. The Labute approximate surface area is 121 Å². The first-order valence-electron chi connectivity index (χ1n) is 5.56. The van der Waals surface area contributed by atoms with E-state index in [0.29, 0.717) is 0 Å². The van der Waals surface area contributed by atoms with Crippen LogP contribution in [0.5, 0.6) is 0 Å². The third-order valence-electron chi connectivity index (χ3n) is 2.83. The predicted octanol–water partition coefficient (Wildman–Crippen LogP) is 3.46. The molecule has 0 spiro atoms. The number of rotatable bonds is 2. The van der Waals surface area contributed by atoms with Gasteiger partial charge in [-0.25, -0.2) is 9.67 Å². The molecule has 0 aliphatic rings. The van der Waals surface area contributed by atoms with Crippen LogP contribution in [0, 0.1) is 24.0 Å². The van der Waals surface area contributed by atoms with Gasteiger partial charge in [0.2, 0.25) is 0 Å². The SMILES string of the molecule is Cc1nc(-n2ncc([N+](=O)[O-])c2C)c(Cl)cc1C(F)(F)F. The molecule has 0 aliphatic carbocycles. The molecule has 0 aromatic carbocycles. The van der Waals surface area contributed by atoms with Gasteiger partial charge in [-0.1, -0.05) is 11.6 Å². The Morgan fingerprint density at radius 3 is 2.48 bits per heavy atom. The predicted molar refractivity (Wildman–Crippen MR) is 67.5 cm³/mol. The van der Waals surface area contributed by atoms with Crippen LogP contribution in [-0.2, 0) is 6.18 Å². The molecule has 2 aromatic rings. The van der Waals surface area contributed by atoms with Gasteiger partial charge < -0.3 is 0 Å². The van der Waals surface area contributed by atoms with Gasteiger partial charge in [0.15, 0.2) is 5.82 Å². The van der Waals surface area contributed by atoms with Crippen molar-refractivity contribution in [3.63, 3.8) is 0 Å². The summed E-state index contributed by atoms with van der Waals surface area (Å²) in [6.45, 7) is 2.58. The molecule has 10 heteroatoms. The molecule has 0 aliphatic heterocycles. The van der Waals surface area contributed by atoms with Crippen molar-refractivity contribution in [2.45, 2.75) is 20.0 Å². The zero-order chi connectivity index (χ0) is 15.9. The largest absolute Gasteiger partial charge is 0.418 e. The number of nitro groups is 1. The van der Waals surface area contributed by atoms with E-state index in [1.807, 2.05) is 0 Å². The Balaban J connectivity index is 2.62. The van der Waals surface area contributed by atoms with E-state index in [9.17, 15) is 23.3 Å². The molecule has 2 heterocycles. The van der Waals surface area contributed by atoms with E-state index in [-0.39, 0.29) is 27.9 Å².